The Labute approximate surface area is 107 Å². The molecule has 1 atom stereocenters. The van der Waals surface area contributed by atoms with Crippen molar-refractivity contribution in [2.24, 2.45) is 0 Å². The third-order valence-corrected chi connectivity index (χ3v) is 3.94. The summed E-state index contributed by atoms with van der Waals surface area (Å²) in [5.41, 5.74) is 3.82. The summed E-state index contributed by atoms with van der Waals surface area (Å²) < 4.78 is 0. The van der Waals surface area contributed by atoms with Crippen molar-refractivity contribution in [2.75, 3.05) is 13.6 Å². The third-order valence-electron chi connectivity index (χ3n) is 3.94. The van der Waals surface area contributed by atoms with Crippen molar-refractivity contribution >= 4 is 16.8 Å². The van der Waals surface area contributed by atoms with Crippen molar-refractivity contribution in [2.45, 2.75) is 25.7 Å². The second-order valence-electron chi connectivity index (χ2n) is 5.23. The number of hydrogen-bond donors (Lipinski definition) is 1. The molecule has 3 nitrogen and oxygen atoms in total. The molecule has 0 radical (unpaired) electrons. The maximum atomic E-state index is 11.9. The van der Waals surface area contributed by atoms with Gasteiger partial charge >= 0.3 is 0 Å². The van der Waals surface area contributed by atoms with Crippen LogP contribution < -0.4 is 0 Å². The lowest BCUT2D eigenvalue weighted by Gasteiger charge is -2.23. The van der Waals surface area contributed by atoms with E-state index in [1.807, 2.05) is 18.0 Å². The largest absolute Gasteiger partial charge is 0.358 e. The highest BCUT2D eigenvalue weighted by Crippen LogP contribution is 2.31. The minimum Gasteiger partial charge on any atom is -0.358 e. The van der Waals surface area contributed by atoms with E-state index in [4.69, 9.17) is 0 Å². The molecule has 3 heteroatoms. The number of fused-ring (bicyclic) bond motifs is 3. The summed E-state index contributed by atoms with van der Waals surface area (Å²) in [5, 5.41) is 1.31. The molecule has 0 spiro atoms. The Morgan fingerprint density at radius 2 is 2.11 bits per heavy atom. The Morgan fingerprint density at radius 1 is 1.33 bits per heavy atom. The fraction of sp³-hybridized carbons (Fsp3) is 0.400. The van der Waals surface area contributed by atoms with Crippen molar-refractivity contribution in [3.8, 4) is 0 Å². The Bertz CT molecular complexity index is 600. The average Bonchev–Trinajstić information content (AvgIpc) is 2.73. The molecule has 0 saturated carbocycles. The second-order valence-corrected chi connectivity index (χ2v) is 5.23. The van der Waals surface area contributed by atoms with Gasteiger partial charge in [0, 0.05) is 42.5 Å². The molecule has 1 unspecified atom stereocenters. The van der Waals surface area contributed by atoms with Crippen molar-refractivity contribution in [1.82, 2.24) is 9.88 Å². The number of hydrogen-bond acceptors (Lipinski definition) is 1. The molecule has 0 aliphatic carbocycles. The van der Waals surface area contributed by atoms with E-state index in [0.29, 0.717) is 6.42 Å². The number of nitrogens with zero attached hydrogens (tertiary/aromatic N) is 1. The molecule has 1 aliphatic rings. The Kier molecular flexibility index (Phi) is 2.62. The Balaban J connectivity index is 2.14. The topological polar surface area (TPSA) is 36.1 Å². The highest BCUT2D eigenvalue weighted by atomic mass is 16.2. The molecule has 0 saturated heterocycles. The molecule has 94 valence electrons. The van der Waals surface area contributed by atoms with E-state index in [2.05, 4.69) is 30.1 Å². The predicted molar refractivity (Wildman–Crippen MR) is 72.7 cm³/mol. The quantitative estimate of drug-likeness (QED) is 0.757. The predicted octanol–water partition coefficient (Wildman–Crippen LogP) is 2.68. The van der Waals surface area contributed by atoms with Gasteiger partial charge in [-0.2, -0.15) is 0 Å². The summed E-state index contributed by atoms with van der Waals surface area (Å²) in [4.78, 5) is 17.3. The Morgan fingerprint density at radius 3 is 2.94 bits per heavy atom. The summed E-state index contributed by atoms with van der Waals surface area (Å²) in [6.07, 6.45) is 1.53. The maximum Gasteiger partial charge on any atom is 0.222 e. The van der Waals surface area contributed by atoms with Crippen LogP contribution in [0.25, 0.3) is 10.9 Å². The second kappa shape index (κ2) is 4.16. The lowest BCUT2D eigenvalue weighted by molar-refractivity contribution is -0.130. The molecule has 1 aromatic carbocycles. The van der Waals surface area contributed by atoms with Crippen LogP contribution >= 0.6 is 0 Å². The van der Waals surface area contributed by atoms with Crippen molar-refractivity contribution in [3.05, 3.63) is 35.5 Å². The van der Waals surface area contributed by atoms with Crippen LogP contribution in [-0.2, 0) is 11.2 Å². The number of rotatable bonds is 0. The van der Waals surface area contributed by atoms with Crippen LogP contribution in [0.15, 0.2) is 24.3 Å². The van der Waals surface area contributed by atoms with Crippen LogP contribution in [-0.4, -0.2) is 29.4 Å². The standard InChI is InChI=1S/C15H18N2O/c1-10-9-14(18)17(2)8-7-12-11-5-3-4-6-13(11)16-15(10)12/h3-6,10,16H,7-9H2,1-2H3. The first-order valence-corrected chi connectivity index (χ1v) is 6.50. The van der Waals surface area contributed by atoms with E-state index in [9.17, 15) is 4.79 Å². The van der Waals surface area contributed by atoms with Crippen LogP contribution in [0, 0.1) is 0 Å². The van der Waals surface area contributed by atoms with E-state index in [1.54, 1.807) is 0 Å². The maximum absolute atomic E-state index is 11.9. The van der Waals surface area contributed by atoms with E-state index >= 15 is 0 Å². The molecule has 2 aromatic rings. The molecule has 1 aromatic heterocycles. The van der Waals surface area contributed by atoms with Gasteiger partial charge in [-0.3, -0.25) is 4.79 Å². The monoisotopic (exact) mass is 242 g/mol. The average molecular weight is 242 g/mol. The molecule has 2 heterocycles. The zero-order valence-electron chi connectivity index (χ0n) is 10.9. The van der Waals surface area contributed by atoms with E-state index in [0.717, 1.165) is 13.0 Å². The first kappa shape index (κ1) is 11.3. The van der Waals surface area contributed by atoms with Gasteiger partial charge in [0.15, 0.2) is 0 Å². The molecule has 1 N–H and O–H groups in total. The number of benzene rings is 1. The van der Waals surface area contributed by atoms with Gasteiger partial charge in [-0.05, 0) is 18.1 Å². The molecule has 0 fully saturated rings. The first-order valence-electron chi connectivity index (χ1n) is 6.50. The molecule has 18 heavy (non-hydrogen) atoms. The van der Waals surface area contributed by atoms with Gasteiger partial charge < -0.3 is 9.88 Å². The fourth-order valence-corrected chi connectivity index (χ4v) is 2.83. The number of para-hydroxylation sites is 1. The van der Waals surface area contributed by atoms with Gasteiger partial charge in [-0.15, -0.1) is 0 Å². The number of carbonyl (C=O) groups is 1. The van der Waals surface area contributed by atoms with E-state index in [-0.39, 0.29) is 11.8 Å². The highest BCUT2D eigenvalue weighted by molar-refractivity contribution is 5.86. The van der Waals surface area contributed by atoms with Gasteiger partial charge in [-0.1, -0.05) is 25.1 Å². The molecule has 1 amide bonds. The zero-order valence-corrected chi connectivity index (χ0v) is 10.9. The van der Waals surface area contributed by atoms with Gasteiger partial charge in [-0.25, -0.2) is 0 Å². The number of H-pyrrole nitrogens is 1. The number of carbonyl (C=O) groups excluding carboxylic acids is 1. The number of aromatic amines is 1. The summed E-state index contributed by atoms with van der Waals surface area (Å²) in [5.74, 6) is 0.509. The number of nitrogens with one attached hydrogen (secondary N) is 1. The first-order chi connectivity index (χ1) is 8.66. The number of aromatic nitrogens is 1. The Hall–Kier alpha value is -1.77. The number of amides is 1. The minimum absolute atomic E-state index is 0.242. The molecular weight excluding hydrogens is 224 g/mol. The lowest BCUT2D eigenvalue weighted by atomic mass is 9.94. The van der Waals surface area contributed by atoms with Crippen LogP contribution in [0.1, 0.15) is 30.5 Å². The summed E-state index contributed by atoms with van der Waals surface area (Å²) >= 11 is 0. The van der Waals surface area contributed by atoms with E-state index in [1.165, 1.54) is 22.2 Å². The van der Waals surface area contributed by atoms with Crippen LogP contribution in [0.5, 0.6) is 0 Å². The van der Waals surface area contributed by atoms with Crippen molar-refractivity contribution in [3.63, 3.8) is 0 Å². The summed E-state index contributed by atoms with van der Waals surface area (Å²) in [6, 6.07) is 8.40. The molecule has 3 rings (SSSR count). The van der Waals surface area contributed by atoms with Gasteiger partial charge in [0.1, 0.15) is 0 Å². The third kappa shape index (κ3) is 1.70. The molecular formula is C15H18N2O. The van der Waals surface area contributed by atoms with Crippen LogP contribution in [0.3, 0.4) is 0 Å². The van der Waals surface area contributed by atoms with Crippen molar-refractivity contribution in [1.29, 1.82) is 0 Å². The van der Waals surface area contributed by atoms with Crippen LogP contribution in [0.2, 0.25) is 0 Å². The normalized spacial score (nSPS) is 20.7. The summed E-state index contributed by atoms with van der Waals surface area (Å²) in [6.45, 7) is 2.94. The summed E-state index contributed by atoms with van der Waals surface area (Å²) in [7, 11) is 1.90. The van der Waals surface area contributed by atoms with Gasteiger partial charge in [0.25, 0.3) is 0 Å². The SMILES string of the molecule is CC1CC(=O)N(C)CCc2c1[nH]c1ccccc21. The number of likely N-dealkylation sites (N-methyl/N-ethyl adjacent to an activating group) is 1. The van der Waals surface area contributed by atoms with Crippen molar-refractivity contribution < 1.29 is 4.79 Å². The lowest BCUT2D eigenvalue weighted by Crippen LogP contribution is -2.31. The smallest absolute Gasteiger partial charge is 0.222 e. The van der Waals surface area contributed by atoms with E-state index < -0.39 is 0 Å². The van der Waals surface area contributed by atoms with Gasteiger partial charge in [0.05, 0.1) is 0 Å². The fourth-order valence-electron chi connectivity index (χ4n) is 2.83. The zero-order chi connectivity index (χ0) is 12.7. The highest BCUT2D eigenvalue weighted by Gasteiger charge is 2.23. The van der Waals surface area contributed by atoms with Crippen LogP contribution in [0.4, 0.5) is 0 Å². The molecule has 0 bridgehead atoms. The minimum atomic E-state index is 0.242. The molecule has 1 aliphatic heterocycles. The van der Waals surface area contributed by atoms with Gasteiger partial charge in [0.2, 0.25) is 5.91 Å².